The van der Waals surface area contributed by atoms with Crippen LogP contribution >= 0.6 is 0 Å². The van der Waals surface area contributed by atoms with E-state index in [9.17, 15) is 0 Å². The predicted octanol–water partition coefficient (Wildman–Crippen LogP) is 1.24. The Labute approximate surface area is 101 Å². The molecule has 0 bridgehead atoms. The zero-order valence-electron chi connectivity index (χ0n) is 9.97. The summed E-state index contributed by atoms with van der Waals surface area (Å²) in [5, 5.41) is 4.07. The Kier molecular flexibility index (Phi) is 3.11. The molecule has 5 heteroatoms. The summed E-state index contributed by atoms with van der Waals surface area (Å²) in [5.41, 5.74) is 5.89. The molecule has 2 N–H and O–H groups in total. The second-order valence-electron chi connectivity index (χ2n) is 5.25. The van der Waals surface area contributed by atoms with E-state index in [1.807, 2.05) is 0 Å². The van der Waals surface area contributed by atoms with Crippen LogP contribution in [0, 0.1) is 5.92 Å². The monoisotopic (exact) mass is 237 g/mol. The quantitative estimate of drug-likeness (QED) is 0.856. The molecule has 1 aromatic rings. The van der Waals surface area contributed by atoms with Gasteiger partial charge in [-0.2, -0.15) is 4.98 Å². The van der Waals surface area contributed by atoms with Gasteiger partial charge in [0.15, 0.2) is 5.82 Å². The van der Waals surface area contributed by atoms with Crippen LogP contribution in [0.2, 0.25) is 0 Å². The summed E-state index contributed by atoms with van der Waals surface area (Å²) >= 11 is 0. The molecular formula is C12H19N3O2. The van der Waals surface area contributed by atoms with Crippen molar-refractivity contribution >= 4 is 0 Å². The van der Waals surface area contributed by atoms with Crippen molar-refractivity contribution in [2.24, 2.45) is 11.7 Å². The standard InChI is InChI=1S/C12H19N3O2/c13-10-2-1-9(6-10)12-14-11(15-17-12)5-8-3-4-16-7-8/h8-10H,1-7,13H2/t8?,9-,10+/m1/s1. The number of aromatic nitrogens is 2. The molecule has 1 aliphatic heterocycles. The number of ether oxygens (including phenoxy) is 1. The summed E-state index contributed by atoms with van der Waals surface area (Å²) in [7, 11) is 0. The molecule has 17 heavy (non-hydrogen) atoms. The zero-order valence-corrected chi connectivity index (χ0v) is 9.97. The summed E-state index contributed by atoms with van der Waals surface area (Å²) < 4.78 is 10.7. The van der Waals surface area contributed by atoms with E-state index < -0.39 is 0 Å². The highest BCUT2D eigenvalue weighted by Crippen LogP contribution is 2.32. The Balaban J connectivity index is 1.61. The van der Waals surface area contributed by atoms with Gasteiger partial charge in [-0.3, -0.25) is 0 Å². The van der Waals surface area contributed by atoms with Gasteiger partial charge in [-0.1, -0.05) is 5.16 Å². The molecule has 3 rings (SSSR count). The molecule has 1 unspecified atom stereocenters. The Morgan fingerprint density at radius 1 is 1.29 bits per heavy atom. The molecule has 1 aromatic heterocycles. The lowest BCUT2D eigenvalue weighted by molar-refractivity contribution is 0.185. The van der Waals surface area contributed by atoms with Crippen LogP contribution in [-0.2, 0) is 11.2 Å². The molecule has 2 heterocycles. The fraction of sp³-hybridized carbons (Fsp3) is 0.833. The first-order valence-electron chi connectivity index (χ1n) is 6.47. The first-order chi connectivity index (χ1) is 8.31. The maximum Gasteiger partial charge on any atom is 0.229 e. The molecule has 1 saturated carbocycles. The van der Waals surface area contributed by atoms with Crippen LogP contribution in [0.1, 0.15) is 43.3 Å². The van der Waals surface area contributed by atoms with E-state index in [4.69, 9.17) is 15.0 Å². The maximum absolute atomic E-state index is 5.89. The third-order valence-corrected chi connectivity index (χ3v) is 3.80. The number of rotatable bonds is 3. The highest BCUT2D eigenvalue weighted by molar-refractivity contribution is 4.99. The third kappa shape index (κ3) is 2.50. The van der Waals surface area contributed by atoms with E-state index in [1.165, 1.54) is 0 Å². The van der Waals surface area contributed by atoms with Crippen molar-refractivity contribution in [1.29, 1.82) is 0 Å². The molecule has 0 spiro atoms. The van der Waals surface area contributed by atoms with Gasteiger partial charge in [-0.05, 0) is 31.6 Å². The summed E-state index contributed by atoms with van der Waals surface area (Å²) in [6.07, 6.45) is 5.11. The Bertz CT molecular complexity index is 374. The van der Waals surface area contributed by atoms with E-state index in [-0.39, 0.29) is 0 Å². The number of nitrogens with two attached hydrogens (primary N) is 1. The summed E-state index contributed by atoms with van der Waals surface area (Å²) in [6, 6.07) is 0.304. The van der Waals surface area contributed by atoms with Gasteiger partial charge in [0.2, 0.25) is 5.89 Å². The van der Waals surface area contributed by atoms with Gasteiger partial charge >= 0.3 is 0 Å². The first kappa shape index (κ1) is 11.2. The normalized spacial score (nSPS) is 33.4. The largest absolute Gasteiger partial charge is 0.381 e. The van der Waals surface area contributed by atoms with Crippen LogP contribution in [0.3, 0.4) is 0 Å². The van der Waals surface area contributed by atoms with Crippen LogP contribution in [0.15, 0.2) is 4.52 Å². The van der Waals surface area contributed by atoms with Gasteiger partial charge in [-0.15, -0.1) is 0 Å². The van der Waals surface area contributed by atoms with Crippen molar-refractivity contribution in [3.8, 4) is 0 Å². The van der Waals surface area contributed by atoms with Crippen molar-refractivity contribution in [3.63, 3.8) is 0 Å². The Hall–Kier alpha value is -0.940. The first-order valence-corrected chi connectivity index (χ1v) is 6.47. The van der Waals surface area contributed by atoms with Crippen molar-refractivity contribution in [1.82, 2.24) is 10.1 Å². The molecule has 0 amide bonds. The van der Waals surface area contributed by atoms with Crippen LogP contribution < -0.4 is 5.73 Å². The fourth-order valence-corrected chi connectivity index (χ4v) is 2.76. The smallest absolute Gasteiger partial charge is 0.229 e. The average molecular weight is 237 g/mol. The molecule has 2 fully saturated rings. The lowest BCUT2D eigenvalue weighted by atomic mass is 10.0. The lowest BCUT2D eigenvalue weighted by Gasteiger charge is -2.02. The Morgan fingerprint density at radius 3 is 2.94 bits per heavy atom. The van der Waals surface area contributed by atoms with Gasteiger partial charge in [-0.25, -0.2) is 0 Å². The summed E-state index contributed by atoms with van der Waals surface area (Å²) in [6.45, 7) is 1.70. The van der Waals surface area contributed by atoms with E-state index in [2.05, 4.69) is 10.1 Å². The fourth-order valence-electron chi connectivity index (χ4n) is 2.76. The highest BCUT2D eigenvalue weighted by atomic mass is 16.5. The molecule has 3 atom stereocenters. The summed E-state index contributed by atoms with van der Waals surface area (Å²) in [4.78, 5) is 4.50. The van der Waals surface area contributed by atoms with Gasteiger partial charge < -0.3 is 15.0 Å². The minimum atomic E-state index is 0.304. The van der Waals surface area contributed by atoms with Crippen LogP contribution in [0.25, 0.3) is 0 Å². The van der Waals surface area contributed by atoms with Gasteiger partial charge in [0.25, 0.3) is 0 Å². The average Bonchev–Trinajstić information content (AvgIpc) is 2.99. The van der Waals surface area contributed by atoms with E-state index >= 15 is 0 Å². The van der Waals surface area contributed by atoms with Crippen molar-refractivity contribution in [3.05, 3.63) is 11.7 Å². The second-order valence-corrected chi connectivity index (χ2v) is 5.25. The van der Waals surface area contributed by atoms with Gasteiger partial charge in [0.1, 0.15) is 0 Å². The van der Waals surface area contributed by atoms with Crippen molar-refractivity contribution < 1.29 is 9.26 Å². The molecule has 0 aromatic carbocycles. The third-order valence-electron chi connectivity index (χ3n) is 3.80. The van der Waals surface area contributed by atoms with Gasteiger partial charge in [0, 0.05) is 31.6 Å². The number of nitrogens with zero attached hydrogens (tertiary/aromatic N) is 2. The minimum absolute atomic E-state index is 0.304. The number of hydrogen-bond donors (Lipinski definition) is 1. The van der Waals surface area contributed by atoms with Crippen LogP contribution in [0.4, 0.5) is 0 Å². The van der Waals surface area contributed by atoms with E-state index in [0.717, 1.165) is 57.0 Å². The molecule has 94 valence electrons. The molecule has 0 radical (unpaired) electrons. The molecule has 5 nitrogen and oxygen atoms in total. The lowest BCUT2D eigenvalue weighted by Crippen LogP contribution is -2.14. The van der Waals surface area contributed by atoms with Gasteiger partial charge in [0.05, 0.1) is 0 Å². The van der Waals surface area contributed by atoms with Crippen LogP contribution in [0.5, 0.6) is 0 Å². The highest BCUT2D eigenvalue weighted by Gasteiger charge is 2.28. The molecule has 1 aliphatic carbocycles. The Morgan fingerprint density at radius 2 is 2.24 bits per heavy atom. The molecular weight excluding hydrogens is 218 g/mol. The van der Waals surface area contributed by atoms with E-state index in [1.54, 1.807) is 0 Å². The van der Waals surface area contributed by atoms with Crippen LogP contribution in [-0.4, -0.2) is 29.4 Å². The topological polar surface area (TPSA) is 74.2 Å². The maximum atomic E-state index is 5.89. The van der Waals surface area contributed by atoms with Crippen molar-refractivity contribution in [2.45, 2.75) is 44.1 Å². The van der Waals surface area contributed by atoms with E-state index in [0.29, 0.717) is 17.9 Å². The zero-order chi connectivity index (χ0) is 11.7. The SMILES string of the molecule is N[C@H]1CC[C@@H](c2nc(CC3CCOC3)no2)C1. The predicted molar refractivity (Wildman–Crippen MR) is 61.5 cm³/mol. The van der Waals surface area contributed by atoms with Crippen molar-refractivity contribution in [2.75, 3.05) is 13.2 Å². The second kappa shape index (κ2) is 4.74. The molecule has 1 saturated heterocycles. The molecule has 2 aliphatic rings. The number of hydrogen-bond acceptors (Lipinski definition) is 5. The minimum Gasteiger partial charge on any atom is -0.381 e. The summed E-state index contributed by atoms with van der Waals surface area (Å²) in [5.74, 6) is 2.56.